The van der Waals surface area contributed by atoms with Crippen molar-refractivity contribution in [3.8, 4) is 11.5 Å². The van der Waals surface area contributed by atoms with Crippen molar-refractivity contribution in [2.24, 2.45) is 0 Å². The van der Waals surface area contributed by atoms with Crippen molar-refractivity contribution in [1.29, 1.82) is 0 Å². The lowest BCUT2D eigenvalue weighted by Crippen LogP contribution is -1.90. The number of rotatable bonds is 8. The summed E-state index contributed by atoms with van der Waals surface area (Å²) in [6.07, 6.45) is 9.70. The lowest BCUT2D eigenvalue weighted by atomic mass is 9.97. The number of benzene rings is 4. The highest BCUT2D eigenvalue weighted by Crippen LogP contribution is 2.29. The molecule has 0 aliphatic rings. The highest BCUT2D eigenvalue weighted by Gasteiger charge is 2.06. The van der Waals surface area contributed by atoms with Crippen molar-refractivity contribution in [1.82, 2.24) is 0 Å². The number of ether oxygens (including phenoxy) is 2. The minimum atomic E-state index is 0.577. The van der Waals surface area contributed by atoms with Crippen LogP contribution >= 0.6 is 0 Å². The molecule has 0 radical (unpaired) electrons. The number of hydrogen-bond acceptors (Lipinski definition) is 4. The Morgan fingerprint density at radius 3 is 1.29 bits per heavy atom. The molecule has 0 saturated heterocycles. The number of carbonyl (C=O) groups is 2. The molecule has 0 spiro atoms. The van der Waals surface area contributed by atoms with Crippen LogP contribution in [0.2, 0.25) is 0 Å². The first-order valence-electron chi connectivity index (χ1n) is 10.8. The molecule has 0 heterocycles. The van der Waals surface area contributed by atoms with E-state index in [-0.39, 0.29) is 0 Å². The molecule has 0 aliphatic carbocycles. The van der Waals surface area contributed by atoms with Crippen LogP contribution in [0.1, 0.15) is 43.0 Å². The smallest absolute Gasteiger partial charge is 0.150 e. The number of carbonyl (C=O) groups excluding carboxylic acids is 2. The summed E-state index contributed by atoms with van der Waals surface area (Å²) < 4.78 is 10.9. The van der Waals surface area contributed by atoms with E-state index in [0.29, 0.717) is 22.6 Å². The molecule has 0 aliphatic heterocycles. The van der Waals surface area contributed by atoms with Gasteiger partial charge >= 0.3 is 0 Å². The molecule has 168 valence electrons. The Balaban J connectivity index is 1.70. The Kier molecular flexibility index (Phi) is 6.99. The zero-order valence-electron chi connectivity index (χ0n) is 19.0. The summed E-state index contributed by atoms with van der Waals surface area (Å²) in [5, 5.41) is 2.24. The molecule has 0 bridgehead atoms. The van der Waals surface area contributed by atoms with Crippen LogP contribution in [0, 0.1) is 0 Å². The standard InChI is InChI=1S/C30H24O4/c1-33-29-17-21(19-31)7-9-25(29)15-13-23-11-12-24(28-6-4-3-5-27(23)28)14-16-26-10-8-22(20-32)18-30(26)34-2/h3-20H,1-2H3/b15-13+,16-14+. The van der Waals surface area contributed by atoms with Gasteiger partial charge in [0.1, 0.15) is 24.1 Å². The van der Waals surface area contributed by atoms with E-state index in [1.165, 1.54) is 0 Å². The highest BCUT2D eigenvalue weighted by atomic mass is 16.5. The second-order valence-electron chi connectivity index (χ2n) is 7.69. The average Bonchev–Trinajstić information content (AvgIpc) is 2.90. The maximum absolute atomic E-state index is 11.1. The van der Waals surface area contributed by atoms with E-state index in [1.807, 2.05) is 36.4 Å². The molecule has 4 rings (SSSR count). The molecule has 0 aromatic heterocycles. The monoisotopic (exact) mass is 448 g/mol. The molecule has 0 atom stereocenters. The van der Waals surface area contributed by atoms with Crippen LogP contribution in [0.4, 0.5) is 0 Å². The highest BCUT2D eigenvalue weighted by molar-refractivity contribution is 5.99. The van der Waals surface area contributed by atoms with Crippen molar-refractivity contribution in [2.45, 2.75) is 0 Å². The number of aldehydes is 2. The molecule has 0 fully saturated rings. The summed E-state index contributed by atoms with van der Waals surface area (Å²) >= 11 is 0. The van der Waals surface area contributed by atoms with Gasteiger partial charge < -0.3 is 9.47 Å². The first kappa shape index (κ1) is 22.7. The summed E-state index contributed by atoms with van der Waals surface area (Å²) in [6.45, 7) is 0. The second-order valence-corrected chi connectivity index (χ2v) is 7.69. The molecule has 4 aromatic carbocycles. The third-order valence-corrected chi connectivity index (χ3v) is 5.66. The molecule has 4 aromatic rings. The van der Waals surface area contributed by atoms with Gasteiger partial charge in [-0.25, -0.2) is 0 Å². The van der Waals surface area contributed by atoms with Gasteiger partial charge in [0.2, 0.25) is 0 Å². The Morgan fingerprint density at radius 2 is 0.912 bits per heavy atom. The summed E-state index contributed by atoms with van der Waals surface area (Å²) in [7, 11) is 3.19. The van der Waals surface area contributed by atoms with Crippen LogP contribution in [0.3, 0.4) is 0 Å². The van der Waals surface area contributed by atoms with E-state index in [1.54, 1.807) is 38.5 Å². The largest absolute Gasteiger partial charge is 0.496 e. The molecular formula is C30H24O4. The molecule has 4 nitrogen and oxygen atoms in total. The Bertz CT molecular complexity index is 1310. The Labute approximate surface area is 198 Å². The molecule has 0 unspecified atom stereocenters. The third-order valence-electron chi connectivity index (χ3n) is 5.66. The quantitative estimate of drug-likeness (QED) is 0.219. The van der Waals surface area contributed by atoms with Gasteiger partial charge in [0.15, 0.2) is 0 Å². The van der Waals surface area contributed by atoms with Crippen molar-refractivity contribution < 1.29 is 19.1 Å². The summed E-state index contributed by atoms with van der Waals surface area (Å²) in [5.41, 5.74) is 5.09. The van der Waals surface area contributed by atoms with E-state index < -0.39 is 0 Å². The van der Waals surface area contributed by atoms with Gasteiger partial charge in [-0.3, -0.25) is 9.59 Å². The molecular weight excluding hydrogens is 424 g/mol. The van der Waals surface area contributed by atoms with Gasteiger partial charge in [0.25, 0.3) is 0 Å². The van der Waals surface area contributed by atoms with E-state index in [4.69, 9.17) is 9.47 Å². The molecule has 0 saturated carbocycles. The van der Waals surface area contributed by atoms with Gasteiger partial charge in [-0.2, -0.15) is 0 Å². The van der Waals surface area contributed by atoms with Crippen LogP contribution in [-0.2, 0) is 0 Å². The van der Waals surface area contributed by atoms with E-state index in [9.17, 15) is 9.59 Å². The third kappa shape index (κ3) is 4.81. The summed E-state index contributed by atoms with van der Waals surface area (Å²) in [5.74, 6) is 1.30. The van der Waals surface area contributed by atoms with Crippen LogP contribution in [0.5, 0.6) is 11.5 Å². The van der Waals surface area contributed by atoms with Gasteiger partial charge in [0, 0.05) is 22.3 Å². The fourth-order valence-electron chi connectivity index (χ4n) is 3.87. The maximum Gasteiger partial charge on any atom is 0.150 e. The first-order chi connectivity index (χ1) is 16.7. The van der Waals surface area contributed by atoms with Gasteiger partial charge in [-0.1, -0.05) is 85.0 Å². The molecule has 0 N–H and O–H groups in total. The SMILES string of the molecule is COc1cc(C=O)ccc1/C=C/c1ccc(/C=C/c2ccc(C=O)cc2OC)c2ccccc12. The zero-order chi connectivity index (χ0) is 23.9. The van der Waals surface area contributed by atoms with E-state index >= 15 is 0 Å². The predicted octanol–water partition coefficient (Wildman–Crippen LogP) is 6.82. The lowest BCUT2D eigenvalue weighted by Gasteiger charge is -2.09. The normalized spacial score (nSPS) is 11.2. The fourth-order valence-corrected chi connectivity index (χ4v) is 3.87. The summed E-state index contributed by atoms with van der Waals surface area (Å²) in [6, 6.07) is 23.2. The molecule has 34 heavy (non-hydrogen) atoms. The minimum absolute atomic E-state index is 0.577. The average molecular weight is 449 g/mol. The molecule has 4 heteroatoms. The second kappa shape index (κ2) is 10.5. The first-order valence-corrected chi connectivity index (χ1v) is 10.8. The maximum atomic E-state index is 11.1. The van der Waals surface area contributed by atoms with Crippen molar-refractivity contribution in [3.05, 3.63) is 106 Å². The molecule has 0 amide bonds. The van der Waals surface area contributed by atoms with Crippen molar-refractivity contribution in [2.75, 3.05) is 14.2 Å². The van der Waals surface area contributed by atoms with E-state index in [0.717, 1.165) is 45.6 Å². The topological polar surface area (TPSA) is 52.6 Å². The van der Waals surface area contributed by atoms with Gasteiger partial charge in [0.05, 0.1) is 14.2 Å². The van der Waals surface area contributed by atoms with E-state index in [2.05, 4.69) is 36.4 Å². The van der Waals surface area contributed by atoms with Crippen LogP contribution < -0.4 is 9.47 Å². The lowest BCUT2D eigenvalue weighted by molar-refractivity contribution is 0.111. The van der Waals surface area contributed by atoms with Gasteiger partial charge in [-0.05, 0) is 34.0 Å². The summed E-state index contributed by atoms with van der Waals surface area (Å²) in [4.78, 5) is 22.1. The van der Waals surface area contributed by atoms with Gasteiger partial charge in [-0.15, -0.1) is 0 Å². The Hall–Kier alpha value is -4.44. The number of fused-ring (bicyclic) bond motifs is 1. The fraction of sp³-hybridized carbons (Fsp3) is 0.0667. The number of hydrogen-bond donors (Lipinski definition) is 0. The van der Waals surface area contributed by atoms with Crippen LogP contribution in [0.15, 0.2) is 72.8 Å². The predicted molar refractivity (Wildman–Crippen MR) is 139 cm³/mol. The Morgan fingerprint density at radius 1 is 0.529 bits per heavy atom. The van der Waals surface area contributed by atoms with Crippen molar-refractivity contribution >= 4 is 47.6 Å². The number of methoxy groups -OCH3 is 2. The zero-order valence-corrected chi connectivity index (χ0v) is 19.0. The van der Waals surface area contributed by atoms with Crippen LogP contribution in [0.25, 0.3) is 35.1 Å². The van der Waals surface area contributed by atoms with Crippen molar-refractivity contribution in [3.63, 3.8) is 0 Å². The van der Waals surface area contributed by atoms with Crippen LogP contribution in [-0.4, -0.2) is 26.8 Å². The minimum Gasteiger partial charge on any atom is -0.496 e.